The molecular formula is C7H20N2O2. The molecule has 4 nitrogen and oxygen atoms in total. The molecule has 0 aliphatic rings. The largest absolute Gasteiger partial charge is 0.359 e. The zero-order chi connectivity index (χ0) is 8.99. The average Bonchev–Trinajstić information content (AvgIpc) is 1.94. The molecule has 70 valence electrons. The minimum absolute atomic E-state index is 0. The number of carbonyl (C=O) groups is 2. The van der Waals surface area contributed by atoms with Gasteiger partial charge in [-0.05, 0) is 14.1 Å². The molecule has 0 aliphatic heterocycles. The molecule has 0 unspecified atom stereocenters. The Balaban J connectivity index is -0.0000000360. The van der Waals surface area contributed by atoms with Gasteiger partial charge in [-0.1, -0.05) is 7.43 Å². The van der Waals surface area contributed by atoms with E-state index in [1.165, 1.54) is 6.92 Å². The van der Waals surface area contributed by atoms with E-state index < -0.39 is 0 Å². The van der Waals surface area contributed by atoms with Crippen LogP contribution in [0.4, 0.5) is 0 Å². The second kappa shape index (κ2) is 35.5. The van der Waals surface area contributed by atoms with Crippen LogP contribution >= 0.6 is 0 Å². The molecule has 0 spiro atoms. The first-order valence-corrected chi connectivity index (χ1v) is 2.74. The van der Waals surface area contributed by atoms with E-state index in [2.05, 4.69) is 10.6 Å². The van der Waals surface area contributed by atoms with E-state index in [0.29, 0.717) is 0 Å². The summed E-state index contributed by atoms with van der Waals surface area (Å²) in [5.41, 5.74) is 0. The summed E-state index contributed by atoms with van der Waals surface area (Å²) >= 11 is 0. The first-order valence-electron chi connectivity index (χ1n) is 2.74. The maximum absolute atomic E-state index is 9.70. The number of hydrogen-bond donors (Lipinski definition) is 2. The zero-order valence-corrected chi connectivity index (χ0v) is 7.02. The van der Waals surface area contributed by atoms with E-state index in [1.807, 2.05) is 20.9 Å². The molecule has 0 bridgehead atoms. The smallest absolute Gasteiger partial charge is 0.216 e. The van der Waals surface area contributed by atoms with Gasteiger partial charge >= 0.3 is 0 Å². The van der Waals surface area contributed by atoms with E-state index in [1.54, 1.807) is 7.05 Å². The fourth-order valence-electron chi connectivity index (χ4n) is 0. The van der Waals surface area contributed by atoms with Gasteiger partial charge in [0.25, 0.3) is 0 Å². The third-order valence-corrected chi connectivity index (χ3v) is 0.352. The van der Waals surface area contributed by atoms with E-state index >= 15 is 0 Å². The second-order valence-corrected chi connectivity index (χ2v) is 1.31. The normalized spacial score (nSPS) is 5.09. The van der Waals surface area contributed by atoms with E-state index in [-0.39, 0.29) is 13.3 Å². The number of amides is 1. The van der Waals surface area contributed by atoms with Gasteiger partial charge in [0.05, 0.1) is 0 Å². The molecule has 0 aromatic rings. The average molecular weight is 164 g/mol. The molecule has 2 N–H and O–H groups in total. The second-order valence-electron chi connectivity index (χ2n) is 1.31. The summed E-state index contributed by atoms with van der Waals surface area (Å²) in [6, 6.07) is 0. The zero-order valence-electron chi connectivity index (χ0n) is 7.02. The van der Waals surface area contributed by atoms with Crippen LogP contribution in [0.15, 0.2) is 0 Å². The van der Waals surface area contributed by atoms with Gasteiger partial charge < -0.3 is 15.4 Å². The lowest BCUT2D eigenvalue weighted by Gasteiger charge is -1.80. The van der Waals surface area contributed by atoms with Crippen LogP contribution in [0.2, 0.25) is 0 Å². The molecule has 0 aromatic heterocycles. The molecule has 0 atom stereocenters. The molecule has 0 aromatic carbocycles. The van der Waals surface area contributed by atoms with Crippen molar-refractivity contribution in [3.63, 3.8) is 0 Å². The van der Waals surface area contributed by atoms with Crippen molar-refractivity contribution < 1.29 is 9.59 Å². The highest BCUT2D eigenvalue weighted by Gasteiger charge is 1.72. The summed E-state index contributed by atoms with van der Waals surface area (Å²) < 4.78 is 0. The van der Waals surface area contributed by atoms with Crippen molar-refractivity contribution in [3.8, 4) is 0 Å². The van der Waals surface area contributed by atoms with Crippen LogP contribution in [0, 0.1) is 0 Å². The first-order chi connectivity index (χ1) is 4.68. The van der Waals surface area contributed by atoms with Crippen LogP contribution in [0.3, 0.4) is 0 Å². The third-order valence-electron chi connectivity index (χ3n) is 0.352. The molecule has 11 heavy (non-hydrogen) atoms. The quantitative estimate of drug-likeness (QED) is 0.531. The number of hydrogen-bond acceptors (Lipinski definition) is 3. The lowest BCUT2D eigenvalue weighted by atomic mass is 10.7. The van der Waals surface area contributed by atoms with Crippen molar-refractivity contribution >= 4 is 12.7 Å². The monoisotopic (exact) mass is 164 g/mol. The molecule has 0 aliphatic carbocycles. The van der Waals surface area contributed by atoms with Gasteiger partial charge in [0.15, 0.2) is 0 Å². The summed E-state index contributed by atoms with van der Waals surface area (Å²) in [6.07, 6.45) is 0. The van der Waals surface area contributed by atoms with Gasteiger partial charge in [0.2, 0.25) is 5.91 Å². The third kappa shape index (κ3) is 379. The standard InChI is InChI=1S/C3H7NO.C2H7N.CH2O.CH4/c1-3(5)4-2;1-3-2;1-2;/h1-2H3,(H,4,5);3H,1-2H3;1H2;1H4. The Hall–Kier alpha value is -0.900. The van der Waals surface area contributed by atoms with Gasteiger partial charge in [0.1, 0.15) is 6.79 Å². The fraction of sp³-hybridized carbons (Fsp3) is 0.714. The van der Waals surface area contributed by atoms with E-state index in [9.17, 15) is 4.79 Å². The Kier molecular flexibility index (Phi) is 72.6. The molecule has 0 fully saturated rings. The van der Waals surface area contributed by atoms with Crippen LogP contribution < -0.4 is 10.6 Å². The Bertz CT molecular complexity index is 67.5. The van der Waals surface area contributed by atoms with Gasteiger partial charge in [-0.25, -0.2) is 0 Å². The van der Waals surface area contributed by atoms with Crippen LogP contribution in [-0.4, -0.2) is 33.8 Å². The SMILES string of the molecule is C.C=O.CNC.CNC(C)=O. The molecule has 0 radical (unpaired) electrons. The highest BCUT2D eigenvalue weighted by Crippen LogP contribution is 1.45. The van der Waals surface area contributed by atoms with Crippen molar-refractivity contribution in [1.29, 1.82) is 0 Å². The van der Waals surface area contributed by atoms with Crippen molar-refractivity contribution in [2.45, 2.75) is 14.4 Å². The topological polar surface area (TPSA) is 58.2 Å². The van der Waals surface area contributed by atoms with Crippen LogP contribution in [0.5, 0.6) is 0 Å². The van der Waals surface area contributed by atoms with Gasteiger partial charge in [-0.2, -0.15) is 0 Å². The first kappa shape index (κ1) is 22.5. The van der Waals surface area contributed by atoms with Crippen LogP contribution in [0.1, 0.15) is 14.4 Å². The fourth-order valence-corrected chi connectivity index (χ4v) is 0. The Morgan fingerprint density at radius 3 is 1.27 bits per heavy atom. The number of rotatable bonds is 0. The summed E-state index contributed by atoms with van der Waals surface area (Å²) in [4.78, 5) is 17.7. The lowest BCUT2D eigenvalue weighted by molar-refractivity contribution is -0.118. The minimum Gasteiger partial charge on any atom is -0.359 e. The molecule has 0 heterocycles. The van der Waals surface area contributed by atoms with Crippen molar-refractivity contribution in [2.75, 3.05) is 21.1 Å². The number of carbonyl (C=O) groups excluding carboxylic acids is 2. The van der Waals surface area contributed by atoms with Gasteiger partial charge in [0, 0.05) is 14.0 Å². The highest BCUT2D eigenvalue weighted by molar-refractivity contribution is 5.72. The summed E-state index contributed by atoms with van der Waals surface area (Å²) in [5.74, 6) is 0.00463. The summed E-state index contributed by atoms with van der Waals surface area (Å²) in [7, 11) is 5.35. The summed E-state index contributed by atoms with van der Waals surface area (Å²) in [6.45, 7) is 3.47. The summed E-state index contributed by atoms with van der Waals surface area (Å²) in [5, 5.41) is 5.14. The lowest BCUT2D eigenvalue weighted by Crippen LogP contribution is -2.11. The molecular weight excluding hydrogens is 144 g/mol. The molecule has 4 heteroatoms. The molecule has 0 saturated heterocycles. The van der Waals surface area contributed by atoms with E-state index in [0.717, 1.165) is 0 Å². The van der Waals surface area contributed by atoms with Gasteiger partial charge in [-0.3, -0.25) is 4.79 Å². The Morgan fingerprint density at radius 2 is 1.27 bits per heavy atom. The predicted octanol–water partition coefficient (Wildman–Crippen LogP) is 0.0391. The van der Waals surface area contributed by atoms with Crippen molar-refractivity contribution in [2.24, 2.45) is 0 Å². The highest BCUT2D eigenvalue weighted by atomic mass is 16.1. The van der Waals surface area contributed by atoms with Gasteiger partial charge in [-0.15, -0.1) is 0 Å². The van der Waals surface area contributed by atoms with Crippen LogP contribution in [0.25, 0.3) is 0 Å². The van der Waals surface area contributed by atoms with Crippen molar-refractivity contribution in [1.82, 2.24) is 10.6 Å². The Morgan fingerprint density at radius 1 is 1.18 bits per heavy atom. The molecule has 1 amide bonds. The van der Waals surface area contributed by atoms with Crippen LogP contribution in [-0.2, 0) is 9.59 Å². The Labute approximate surface area is 69.4 Å². The number of nitrogens with one attached hydrogen (secondary N) is 2. The van der Waals surface area contributed by atoms with Crippen molar-refractivity contribution in [3.05, 3.63) is 0 Å². The maximum atomic E-state index is 9.70. The predicted molar refractivity (Wildman–Crippen MR) is 48.6 cm³/mol. The molecule has 0 saturated carbocycles. The molecule has 0 rings (SSSR count). The van der Waals surface area contributed by atoms with E-state index in [4.69, 9.17) is 4.79 Å². The maximum Gasteiger partial charge on any atom is 0.216 e. The minimum atomic E-state index is 0.